The Hall–Kier alpha value is 0.210. The second-order valence-corrected chi connectivity index (χ2v) is 2.06. The first-order valence-electron chi connectivity index (χ1n) is 2.88. The SMILES string of the molecule is Cl.NC1CCCCN1. The maximum absolute atomic E-state index is 5.52. The normalized spacial score (nSPS) is 28.9. The molecule has 1 atom stereocenters. The highest BCUT2D eigenvalue weighted by molar-refractivity contribution is 5.85. The van der Waals surface area contributed by atoms with Gasteiger partial charge >= 0.3 is 0 Å². The van der Waals surface area contributed by atoms with Crippen molar-refractivity contribution in [3.8, 4) is 0 Å². The molecule has 1 rings (SSSR count). The van der Waals surface area contributed by atoms with Crippen LogP contribution in [0.15, 0.2) is 0 Å². The molecule has 0 aromatic heterocycles. The van der Waals surface area contributed by atoms with Crippen LogP contribution in [-0.4, -0.2) is 12.7 Å². The smallest absolute Gasteiger partial charge is 0.0546 e. The summed E-state index contributed by atoms with van der Waals surface area (Å²) in [7, 11) is 0. The molecule has 50 valence electrons. The predicted molar refractivity (Wildman–Crippen MR) is 37.1 cm³/mol. The molecule has 1 unspecified atom stereocenters. The summed E-state index contributed by atoms with van der Waals surface area (Å²) in [6.07, 6.45) is 4.04. The van der Waals surface area contributed by atoms with Crippen molar-refractivity contribution in [2.45, 2.75) is 25.4 Å². The molecule has 1 aliphatic rings. The fourth-order valence-corrected chi connectivity index (χ4v) is 0.879. The van der Waals surface area contributed by atoms with Gasteiger partial charge in [0.25, 0.3) is 0 Å². The van der Waals surface area contributed by atoms with E-state index in [2.05, 4.69) is 5.32 Å². The van der Waals surface area contributed by atoms with Gasteiger partial charge in [-0.15, -0.1) is 12.4 Å². The molecule has 8 heavy (non-hydrogen) atoms. The average molecular weight is 137 g/mol. The van der Waals surface area contributed by atoms with Gasteiger partial charge in [-0.2, -0.15) is 0 Å². The molecule has 0 aliphatic carbocycles. The topological polar surface area (TPSA) is 38.0 Å². The van der Waals surface area contributed by atoms with Crippen LogP contribution >= 0.6 is 12.4 Å². The van der Waals surface area contributed by atoms with Gasteiger partial charge in [0, 0.05) is 0 Å². The van der Waals surface area contributed by atoms with Crippen LogP contribution in [0.3, 0.4) is 0 Å². The van der Waals surface area contributed by atoms with E-state index in [1.165, 1.54) is 12.8 Å². The molecule has 0 saturated carbocycles. The van der Waals surface area contributed by atoms with Crippen molar-refractivity contribution in [2.75, 3.05) is 6.54 Å². The van der Waals surface area contributed by atoms with E-state index in [0.717, 1.165) is 13.0 Å². The lowest BCUT2D eigenvalue weighted by molar-refractivity contribution is 0.411. The third-order valence-electron chi connectivity index (χ3n) is 1.35. The zero-order valence-electron chi connectivity index (χ0n) is 4.89. The molecule has 0 aromatic rings. The van der Waals surface area contributed by atoms with E-state index in [0.29, 0.717) is 0 Å². The second-order valence-electron chi connectivity index (χ2n) is 2.06. The first-order valence-corrected chi connectivity index (χ1v) is 2.88. The van der Waals surface area contributed by atoms with Crippen molar-refractivity contribution in [1.29, 1.82) is 0 Å². The van der Waals surface area contributed by atoms with E-state index < -0.39 is 0 Å². The molecular formula is C5H13ClN2. The van der Waals surface area contributed by atoms with E-state index in [-0.39, 0.29) is 18.6 Å². The zero-order chi connectivity index (χ0) is 5.11. The van der Waals surface area contributed by atoms with E-state index in [1.807, 2.05) is 0 Å². The average Bonchev–Trinajstić information content (AvgIpc) is 1.69. The number of nitrogens with two attached hydrogens (primary N) is 1. The molecule has 1 saturated heterocycles. The number of nitrogens with one attached hydrogen (secondary N) is 1. The summed E-state index contributed by atoms with van der Waals surface area (Å²) in [5, 5.41) is 3.16. The molecule has 0 aromatic carbocycles. The van der Waals surface area contributed by atoms with Crippen molar-refractivity contribution >= 4 is 12.4 Å². The summed E-state index contributed by atoms with van der Waals surface area (Å²) < 4.78 is 0. The number of hydrogen-bond donors (Lipinski definition) is 2. The minimum Gasteiger partial charge on any atom is -0.316 e. The Morgan fingerprint density at radius 2 is 2.12 bits per heavy atom. The Kier molecular flexibility index (Phi) is 4.23. The third kappa shape index (κ3) is 2.50. The molecule has 0 radical (unpaired) electrons. The van der Waals surface area contributed by atoms with Gasteiger partial charge in [-0.1, -0.05) is 0 Å². The molecule has 1 heterocycles. The molecule has 1 aliphatic heterocycles. The van der Waals surface area contributed by atoms with Crippen molar-refractivity contribution in [1.82, 2.24) is 5.32 Å². The quantitative estimate of drug-likeness (QED) is 0.508. The van der Waals surface area contributed by atoms with Crippen LogP contribution in [-0.2, 0) is 0 Å². The van der Waals surface area contributed by atoms with Crippen molar-refractivity contribution in [2.24, 2.45) is 5.73 Å². The maximum Gasteiger partial charge on any atom is 0.0546 e. The fourth-order valence-electron chi connectivity index (χ4n) is 0.879. The standard InChI is InChI=1S/C5H12N2.ClH/c6-5-3-1-2-4-7-5;/h5,7H,1-4,6H2;1H. The van der Waals surface area contributed by atoms with Gasteiger partial charge in [-0.3, -0.25) is 0 Å². The Labute approximate surface area is 56.2 Å². The lowest BCUT2D eigenvalue weighted by atomic mass is 10.1. The molecule has 2 nitrogen and oxygen atoms in total. The number of halogens is 1. The summed E-state index contributed by atoms with van der Waals surface area (Å²) in [6.45, 7) is 1.11. The molecular weight excluding hydrogens is 124 g/mol. The first-order chi connectivity index (χ1) is 3.39. The Morgan fingerprint density at radius 1 is 1.38 bits per heavy atom. The molecule has 3 N–H and O–H groups in total. The predicted octanol–water partition coefficient (Wildman–Crippen LogP) is 0.466. The minimum atomic E-state index is 0. The summed E-state index contributed by atoms with van der Waals surface area (Å²) >= 11 is 0. The highest BCUT2D eigenvalue weighted by Gasteiger charge is 2.04. The van der Waals surface area contributed by atoms with Gasteiger partial charge in [0.2, 0.25) is 0 Å². The largest absolute Gasteiger partial charge is 0.316 e. The Bertz CT molecular complexity index is 52.4. The van der Waals surface area contributed by atoms with Crippen LogP contribution in [0.25, 0.3) is 0 Å². The number of piperidine rings is 1. The van der Waals surface area contributed by atoms with Gasteiger partial charge in [-0.05, 0) is 25.8 Å². The van der Waals surface area contributed by atoms with Crippen LogP contribution in [0.1, 0.15) is 19.3 Å². The van der Waals surface area contributed by atoms with E-state index in [1.54, 1.807) is 0 Å². The summed E-state index contributed by atoms with van der Waals surface area (Å²) in [6, 6.07) is 0. The van der Waals surface area contributed by atoms with E-state index in [9.17, 15) is 0 Å². The van der Waals surface area contributed by atoms with Crippen molar-refractivity contribution in [3.63, 3.8) is 0 Å². The van der Waals surface area contributed by atoms with Crippen molar-refractivity contribution in [3.05, 3.63) is 0 Å². The third-order valence-corrected chi connectivity index (χ3v) is 1.35. The summed E-state index contributed by atoms with van der Waals surface area (Å²) in [4.78, 5) is 0. The van der Waals surface area contributed by atoms with Crippen LogP contribution in [0, 0.1) is 0 Å². The monoisotopic (exact) mass is 136 g/mol. The van der Waals surface area contributed by atoms with Gasteiger partial charge in [0.05, 0.1) is 6.17 Å². The van der Waals surface area contributed by atoms with Gasteiger partial charge < -0.3 is 11.1 Å². The highest BCUT2D eigenvalue weighted by Crippen LogP contribution is 2.00. The molecule has 3 heteroatoms. The summed E-state index contributed by atoms with van der Waals surface area (Å²) in [5.74, 6) is 0. The Morgan fingerprint density at radius 3 is 2.38 bits per heavy atom. The number of rotatable bonds is 0. The lowest BCUT2D eigenvalue weighted by Gasteiger charge is -2.18. The molecule has 0 amide bonds. The van der Waals surface area contributed by atoms with E-state index in [4.69, 9.17) is 5.73 Å². The fraction of sp³-hybridized carbons (Fsp3) is 1.00. The molecule has 1 fully saturated rings. The van der Waals surface area contributed by atoms with Gasteiger partial charge in [-0.25, -0.2) is 0 Å². The lowest BCUT2D eigenvalue weighted by Crippen LogP contribution is -2.40. The van der Waals surface area contributed by atoms with Gasteiger partial charge in [0.1, 0.15) is 0 Å². The van der Waals surface area contributed by atoms with Crippen molar-refractivity contribution < 1.29 is 0 Å². The van der Waals surface area contributed by atoms with Crippen LogP contribution < -0.4 is 11.1 Å². The van der Waals surface area contributed by atoms with E-state index >= 15 is 0 Å². The molecule has 0 spiro atoms. The molecule has 0 bridgehead atoms. The first kappa shape index (κ1) is 8.21. The summed E-state index contributed by atoms with van der Waals surface area (Å²) in [5.41, 5.74) is 5.52. The minimum absolute atomic E-state index is 0. The van der Waals surface area contributed by atoms with Crippen LogP contribution in [0.5, 0.6) is 0 Å². The number of hydrogen-bond acceptors (Lipinski definition) is 2. The second kappa shape index (κ2) is 4.13. The van der Waals surface area contributed by atoms with Crippen LogP contribution in [0.2, 0.25) is 0 Å². The highest BCUT2D eigenvalue weighted by atomic mass is 35.5. The van der Waals surface area contributed by atoms with Crippen LogP contribution in [0.4, 0.5) is 0 Å². The Balaban J connectivity index is 0.000000490. The maximum atomic E-state index is 5.52. The van der Waals surface area contributed by atoms with Gasteiger partial charge in [0.15, 0.2) is 0 Å². The zero-order valence-corrected chi connectivity index (χ0v) is 5.71.